The van der Waals surface area contributed by atoms with Crippen LogP contribution in [0.5, 0.6) is 0 Å². The second-order valence-electron chi connectivity index (χ2n) is 12.0. The molecule has 0 aliphatic carbocycles. The van der Waals surface area contributed by atoms with Crippen LogP contribution in [0.25, 0.3) is 0 Å². The van der Waals surface area contributed by atoms with E-state index in [0.717, 1.165) is 51.4 Å². The van der Waals surface area contributed by atoms with Gasteiger partial charge in [0, 0.05) is 13.0 Å². The van der Waals surface area contributed by atoms with Crippen molar-refractivity contribution in [1.29, 1.82) is 0 Å². The van der Waals surface area contributed by atoms with Crippen molar-refractivity contribution in [3.8, 4) is 0 Å². The van der Waals surface area contributed by atoms with Crippen molar-refractivity contribution >= 4 is 19.8 Å². The Morgan fingerprint density at radius 1 is 0.673 bits per heavy atom. The second kappa shape index (κ2) is 34.1. The third-order valence-electron chi connectivity index (χ3n) is 7.29. The third-order valence-corrected chi connectivity index (χ3v) is 8.25. The predicted octanol–water partition coefficient (Wildman–Crippen LogP) is 9.30. The lowest BCUT2D eigenvalue weighted by atomic mass is 10.1. The van der Waals surface area contributed by atoms with Gasteiger partial charge < -0.3 is 25.2 Å². The fraction of sp³-hybridized carbons (Fsp3) is 0.684. The number of unbranched alkanes of at least 4 members (excludes halogenated alkanes) is 10. The zero-order valence-corrected chi connectivity index (χ0v) is 31.2. The van der Waals surface area contributed by atoms with Gasteiger partial charge in [-0.3, -0.25) is 18.6 Å². The highest BCUT2D eigenvalue weighted by molar-refractivity contribution is 7.47. The Kier molecular flexibility index (Phi) is 32.5. The Morgan fingerprint density at radius 3 is 1.78 bits per heavy atom. The molecule has 0 amide bonds. The Labute approximate surface area is 296 Å². The number of hydrogen-bond acceptors (Lipinski definition) is 8. The van der Waals surface area contributed by atoms with Crippen molar-refractivity contribution < 1.29 is 42.7 Å². The van der Waals surface area contributed by atoms with E-state index in [1.54, 1.807) is 0 Å². The molecule has 0 aromatic rings. The molecule has 49 heavy (non-hydrogen) atoms. The molecule has 4 N–H and O–H groups in total. The molecule has 0 spiro atoms. The largest absolute Gasteiger partial charge is 0.480 e. The Hall–Kier alpha value is -2.33. The lowest BCUT2D eigenvalue weighted by molar-refractivity contribution is -0.154. The maximum Gasteiger partial charge on any atom is 0.472 e. The molecule has 0 aromatic carbocycles. The zero-order valence-electron chi connectivity index (χ0n) is 30.3. The molecule has 0 aliphatic rings. The van der Waals surface area contributed by atoms with Gasteiger partial charge in [0.15, 0.2) is 0 Å². The molecule has 0 saturated carbocycles. The first-order valence-corrected chi connectivity index (χ1v) is 19.8. The van der Waals surface area contributed by atoms with E-state index in [4.69, 9.17) is 24.8 Å². The number of carboxylic acid groups (broad SMARTS) is 1. The normalized spacial score (nSPS) is 14.9. The minimum Gasteiger partial charge on any atom is -0.480 e. The van der Waals surface area contributed by atoms with Gasteiger partial charge in [-0.2, -0.15) is 0 Å². The summed E-state index contributed by atoms with van der Waals surface area (Å²) in [5, 5.41) is 8.85. The SMILES string of the molecule is CC/C=C\C/C=C\C/C=C\C/C=C\CCC(=O)OC(COCCCCCCCC/C=C\CCCCCC)COP(=O)(O)OCC(N)C(=O)O. The molecule has 11 heteroatoms. The van der Waals surface area contributed by atoms with Gasteiger partial charge in [-0.25, -0.2) is 4.57 Å². The molecule has 0 fully saturated rings. The van der Waals surface area contributed by atoms with Crippen molar-refractivity contribution in [2.24, 2.45) is 5.73 Å². The van der Waals surface area contributed by atoms with Gasteiger partial charge in [-0.1, -0.05) is 120 Å². The number of esters is 1. The highest BCUT2D eigenvalue weighted by Crippen LogP contribution is 2.43. The van der Waals surface area contributed by atoms with E-state index in [0.29, 0.717) is 13.0 Å². The molecule has 10 nitrogen and oxygen atoms in total. The lowest BCUT2D eigenvalue weighted by Gasteiger charge is -2.20. The summed E-state index contributed by atoms with van der Waals surface area (Å²) < 4.78 is 33.1. The number of ether oxygens (including phenoxy) is 2. The Balaban J connectivity index is 4.46. The maximum absolute atomic E-state index is 12.5. The van der Waals surface area contributed by atoms with Crippen LogP contribution in [0.15, 0.2) is 60.8 Å². The topological polar surface area (TPSA) is 155 Å². The highest BCUT2D eigenvalue weighted by atomic mass is 31.2. The van der Waals surface area contributed by atoms with Gasteiger partial charge >= 0.3 is 19.8 Å². The van der Waals surface area contributed by atoms with Crippen molar-refractivity contribution in [2.45, 2.75) is 142 Å². The van der Waals surface area contributed by atoms with Gasteiger partial charge in [0.05, 0.1) is 19.8 Å². The highest BCUT2D eigenvalue weighted by Gasteiger charge is 2.27. The van der Waals surface area contributed by atoms with E-state index >= 15 is 0 Å². The second-order valence-corrected chi connectivity index (χ2v) is 13.4. The van der Waals surface area contributed by atoms with Crippen LogP contribution in [0.3, 0.4) is 0 Å². The molecule has 0 aromatic heterocycles. The number of rotatable bonds is 34. The number of allylic oxidation sites excluding steroid dienone is 10. The van der Waals surface area contributed by atoms with Gasteiger partial charge in [-0.05, 0) is 64.2 Å². The van der Waals surface area contributed by atoms with E-state index in [2.05, 4.69) is 67.0 Å². The summed E-state index contributed by atoms with van der Waals surface area (Å²) in [5.41, 5.74) is 5.32. The minimum atomic E-state index is -4.63. The summed E-state index contributed by atoms with van der Waals surface area (Å²) in [4.78, 5) is 33.3. The number of phosphoric acid groups is 1. The molecule has 0 bridgehead atoms. The molecule has 0 radical (unpaired) electrons. The number of aliphatic carboxylic acids is 1. The average Bonchev–Trinajstić information content (AvgIpc) is 3.07. The van der Waals surface area contributed by atoms with E-state index in [1.165, 1.54) is 51.4 Å². The lowest BCUT2D eigenvalue weighted by Crippen LogP contribution is -2.34. The quantitative estimate of drug-likeness (QED) is 0.0255. The number of carboxylic acids is 1. The number of carbonyl (C=O) groups is 2. The van der Waals surface area contributed by atoms with Crippen LogP contribution in [0, 0.1) is 0 Å². The predicted molar refractivity (Wildman–Crippen MR) is 198 cm³/mol. The summed E-state index contributed by atoms with van der Waals surface area (Å²) in [7, 11) is -4.63. The summed E-state index contributed by atoms with van der Waals surface area (Å²) in [6.07, 6.45) is 38.7. The van der Waals surface area contributed by atoms with Crippen LogP contribution in [0.4, 0.5) is 0 Å². The molecule has 0 aliphatic heterocycles. The Bertz CT molecular complexity index is 1010. The maximum atomic E-state index is 12.5. The van der Waals surface area contributed by atoms with Crippen molar-refractivity contribution in [3.63, 3.8) is 0 Å². The molecule has 0 rings (SSSR count). The van der Waals surface area contributed by atoms with Gasteiger partial charge in [0.2, 0.25) is 0 Å². The summed E-state index contributed by atoms with van der Waals surface area (Å²) in [6.45, 7) is 3.61. The number of carbonyl (C=O) groups excluding carboxylic acids is 1. The van der Waals surface area contributed by atoms with Gasteiger partial charge in [0.1, 0.15) is 12.1 Å². The van der Waals surface area contributed by atoms with Crippen LogP contribution in [0.2, 0.25) is 0 Å². The molecule has 0 heterocycles. The summed E-state index contributed by atoms with van der Waals surface area (Å²) in [6, 6.07) is -1.48. The average molecular weight is 712 g/mol. The zero-order chi connectivity index (χ0) is 36.3. The molecular weight excluding hydrogens is 645 g/mol. The van der Waals surface area contributed by atoms with E-state index in [-0.39, 0.29) is 13.0 Å². The molecule has 282 valence electrons. The monoisotopic (exact) mass is 711 g/mol. The molecule has 0 saturated heterocycles. The fourth-order valence-corrected chi connectivity index (χ4v) is 5.21. The van der Waals surface area contributed by atoms with Crippen LogP contribution in [0.1, 0.15) is 129 Å². The number of nitrogens with two attached hydrogens (primary N) is 1. The number of phosphoric ester groups is 1. The van der Waals surface area contributed by atoms with Crippen LogP contribution in [-0.2, 0) is 32.7 Å². The van der Waals surface area contributed by atoms with E-state index < -0.39 is 45.1 Å². The van der Waals surface area contributed by atoms with Crippen molar-refractivity contribution in [3.05, 3.63) is 60.8 Å². The standard InChI is InChI=1S/C38H66NO9P/c1-3-5-7-9-11-13-15-17-19-21-23-25-27-29-31-45-32-35(33-46-49(43,44)47-34-36(39)38(41)42)48-37(40)30-28-26-24-22-20-18-16-14-12-10-8-6-4-2/h6,8,12-15,18,20,24,26,35-36H,3-5,7,9-11,16-17,19,21-23,25,27-34,39H2,1-2H3,(H,41,42)(H,43,44)/b8-6-,14-12-,15-13-,20-18-,26-24-. The van der Waals surface area contributed by atoms with Crippen LogP contribution < -0.4 is 5.73 Å². The smallest absolute Gasteiger partial charge is 0.472 e. The van der Waals surface area contributed by atoms with Gasteiger partial charge in [0.25, 0.3) is 0 Å². The fourth-order valence-electron chi connectivity index (χ4n) is 4.43. The Morgan fingerprint density at radius 2 is 1.18 bits per heavy atom. The number of hydrogen-bond donors (Lipinski definition) is 3. The van der Waals surface area contributed by atoms with Crippen molar-refractivity contribution in [2.75, 3.05) is 26.4 Å². The third kappa shape index (κ3) is 33.9. The summed E-state index contributed by atoms with van der Waals surface area (Å²) in [5.74, 6) is -1.87. The van der Waals surface area contributed by atoms with E-state index in [1.807, 2.05) is 12.2 Å². The molecule has 3 unspecified atom stereocenters. The van der Waals surface area contributed by atoms with Crippen LogP contribution >= 0.6 is 7.82 Å². The first kappa shape index (κ1) is 46.7. The first-order valence-electron chi connectivity index (χ1n) is 18.3. The van der Waals surface area contributed by atoms with E-state index in [9.17, 15) is 19.0 Å². The van der Waals surface area contributed by atoms with Crippen LogP contribution in [-0.4, -0.2) is 60.5 Å². The first-order chi connectivity index (χ1) is 23.7. The molecular formula is C38H66NO9P. The summed E-state index contributed by atoms with van der Waals surface area (Å²) >= 11 is 0. The molecule has 3 atom stereocenters. The van der Waals surface area contributed by atoms with Gasteiger partial charge in [-0.15, -0.1) is 0 Å². The van der Waals surface area contributed by atoms with Crippen molar-refractivity contribution in [1.82, 2.24) is 0 Å². The minimum absolute atomic E-state index is 0.0187.